The number of alkyl halides is 1. The lowest BCUT2D eigenvalue weighted by Gasteiger charge is -2.03. The normalized spacial score (nSPS) is 15.1. The molecule has 0 atom stereocenters. The van der Waals surface area contributed by atoms with Gasteiger partial charge >= 0.3 is 0 Å². The van der Waals surface area contributed by atoms with Gasteiger partial charge in [-0.3, -0.25) is 0 Å². The van der Waals surface area contributed by atoms with Gasteiger partial charge in [0.15, 0.2) is 0 Å². The van der Waals surface area contributed by atoms with Crippen LogP contribution in [0.25, 0.3) is 11.3 Å². The van der Waals surface area contributed by atoms with Crippen LogP contribution in [-0.2, 0) is 5.33 Å². The molecule has 2 nitrogen and oxygen atoms in total. The summed E-state index contributed by atoms with van der Waals surface area (Å²) < 4.78 is 32.7. The zero-order valence-corrected chi connectivity index (χ0v) is 11.0. The molecule has 1 fully saturated rings. The van der Waals surface area contributed by atoms with Crippen molar-refractivity contribution in [3.8, 4) is 11.3 Å². The molecule has 1 heterocycles. The monoisotopic (exact) mass is 313 g/mol. The topological polar surface area (TPSA) is 26.0 Å². The van der Waals surface area contributed by atoms with Crippen molar-refractivity contribution in [1.29, 1.82) is 0 Å². The zero-order valence-electron chi connectivity index (χ0n) is 9.42. The second-order valence-corrected chi connectivity index (χ2v) is 4.94. The van der Waals surface area contributed by atoms with E-state index in [4.69, 9.17) is 4.52 Å². The summed E-state index contributed by atoms with van der Waals surface area (Å²) in [5.74, 6) is -0.126. The Bertz CT molecular complexity index is 572. The lowest BCUT2D eigenvalue weighted by Crippen LogP contribution is -1.93. The largest absolute Gasteiger partial charge is 0.360 e. The number of hydrogen-bond donors (Lipinski definition) is 0. The third kappa shape index (κ3) is 1.86. The second kappa shape index (κ2) is 4.46. The molecule has 5 heteroatoms. The summed E-state index contributed by atoms with van der Waals surface area (Å²) in [7, 11) is 0. The van der Waals surface area contributed by atoms with Gasteiger partial charge in [0.25, 0.3) is 0 Å². The molecule has 0 aliphatic heterocycles. The highest BCUT2D eigenvalue weighted by molar-refractivity contribution is 9.08. The Morgan fingerprint density at radius 1 is 1.28 bits per heavy atom. The van der Waals surface area contributed by atoms with Crippen LogP contribution >= 0.6 is 15.9 Å². The van der Waals surface area contributed by atoms with E-state index in [2.05, 4.69) is 21.1 Å². The minimum atomic E-state index is -0.618. The van der Waals surface area contributed by atoms with Gasteiger partial charge in [-0.05, 0) is 25.0 Å². The fourth-order valence-electron chi connectivity index (χ4n) is 2.04. The molecule has 18 heavy (non-hydrogen) atoms. The molecule has 0 bridgehead atoms. The van der Waals surface area contributed by atoms with Gasteiger partial charge in [-0.15, -0.1) is 0 Å². The number of aromatic nitrogens is 1. The molecular weight excluding hydrogens is 304 g/mol. The Morgan fingerprint density at radius 3 is 2.50 bits per heavy atom. The first-order valence-corrected chi connectivity index (χ1v) is 6.83. The summed E-state index contributed by atoms with van der Waals surface area (Å²) in [4.78, 5) is 0. The fourth-order valence-corrected chi connectivity index (χ4v) is 2.58. The summed E-state index contributed by atoms with van der Waals surface area (Å²) in [5, 5.41) is 4.33. The van der Waals surface area contributed by atoms with E-state index in [0.717, 1.165) is 24.2 Å². The van der Waals surface area contributed by atoms with Crippen LogP contribution < -0.4 is 0 Å². The maximum Gasteiger partial charge on any atom is 0.144 e. The predicted molar refractivity (Wildman–Crippen MR) is 66.5 cm³/mol. The molecular formula is C13H10BrF2NO. The molecule has 2 aromatic rings. The summed E-state index contributed by atoms with van der Waals surface area (Å²) >= 11 is 3.34. The molecule has 0 amide bonds. The van der Waals surface area contributed by atoms with Gasteiger partial charge in [0, 0.05) is 16.8 Å². The van der Waals surface area contributed by atoms with Gasteiger partial charge in [0.05, 0.1) is 5.56 Å². The standard InChI is InChI=1S/C13H10BrF2NO/c14-6-8-12(17-18-13(8)7-4-5-7)11-9(15)2-1-3-10(11)16/h1-3,7H,4-6H2. The second-order valence-electron chi connectivity index (χ2n) is 4.38. The van der Waals surface area contributed by atoms with Crippen LogP contribution in [-0.4, -0.2) is 5.16 Å². The molecule has 0 saturated heterocycles. The Kier molecular flexibility index (Phi) is 2.93. The summed E-state index contributed by atoms with van der Waals surface area (Å²) in [5.41, 5.74) is 0.911. The van der Waals surface area contributed by atoms with Crippen LogP contribution in [0, 0.1) is 11.6 Å². The third-order valence-corrected chi connectivity index (χ3v) is 3.66. The summed E-state index contributed by atoms with van der Waals surface area (Å²) in [6, 6.07) is 3.79. The van der Waals surface area contributed by atoms with E-state index in [9.17, 15) is 8.78 Å². The number of halogens is 3. The van der Waals surface area contributed by atoms with E-state index in [1.165, 1.54) is 18.2 Å². The number of benzene rings is 1. The minimum absolute atomic E-state index is 0.109. The van der Waals surface area contributed by atoms with E-state index < -0.39 is 11.6 Å². The van der Waals surface area contributed by atoms with Crippen molar-refractivity contribution in [2.24, 2.45) is 0 Å². The molecule has 3 rings (SSSR count). The van der Waals surface area contributed by atoms with E-state index in [-0.39, 0.29) is 11.3 Å². The van der Waals surface area contributed by atoms with Crippen molar-refractivity contribution in [1.82, 2.24) is 5.16 Å². The average molecular weight is 314 g/mol. The molecule has 1 aliphatic carbocycles. The zero-order chi connectivity index (χ0) is 12.7. The van der Waals surface area contributed by atoms with E-state index in [0.29, 0.717) is 11.2 Å². The van der Waals surface area contributed by atoms with Gasteiger partial charge in [0.1, 0.15) is 23.1 Å². The highest BCUT2D eigenvalue weighted by Crippen LogP contribution is 2.45. The van der Waals surface area contributed by atoms with Crippen molar-refractivity contribution in [2.75, 3.05) is 0 Å². The lowest BCUT2D eigenvalue weighted by atomic mass is 10.0. The summed E-state index contributed by atoms with van der Waals surface area (Å²) in [6.45, 7) is 0. The SMILES string of the molecule is Fc1cccc(F)c1-c1noc(C2CC2)c1CBr. The molecule has 94 valence electrons. The van der Waals surface area contributed by atoms with Gasteiger partial charge < -0.3 is 4.52 Å². The smallest absolute Gasteiger partial charge is 0.144 e. The first kappa shape index (κ1) is 11.8. The number of hydrogen-bond acceptors (Lipinski definition) is 2. The van der Waals surface area contributed by atoms with Crippen LogP contribution in [0.15, 0.2) is 22.7 Å². The third-order valence-electron chi connectivity index (χ3n) is 3.10. The first-order chi connectivity index (χ1) is 8.72. The Labute approximate surface area is 111 Å². The van der Waals surface area contributed by atoms with Crippen LogP contribution in [0.1, 0.15) is 30.1 Å². The highest BCUT2D eigenvalue weighted by atomic mass is 79.9. The van der Waals surface area contributed by atoms with Gasteiger partial charge in [-0.2, -0.15) is 0 Å². The number of nitrogens with zero attached hydrogens (tertiary/aromatic N) is 1. The molecule has 1 saturated carbocycles. The summed E-state index contributed by atoms with van der Waals surface area (Å²) in [6.07, 6.45) is 2.10. The van der Waals surface area contributed by atoms with Crippen molar-refractivity contribution >= 4 is 15.9 Å². The van der Waals surface area contributed by atoms with Gasteiger partial charge in [0.2, 0.25) is 0 Å². The first-order valence-electron chi connectivity index (χ1n) is 5.71. The Hall–Kier alpha value is -1.23. The minimum Gasteiger partial charge on any atom is -0.360 e. The average Bonchev–Trinajstić information content (AvgIpc) is 3.10. The maximum absolute atomic E-state index is 13.7. The van der Waals surface area contributed by atoms with Crippen LogP contribution in [0.2, 0.25) is 0 Å². The maximum atomic E-state index is 13.7. The van der Waals surface area contributed by atoms with E-state index >= 15 is 0 Å². The van der Waals surface area contributed by atoms with Gasteiger partial charge in [-0.25, -0.2) is 8.78 Å². The molecule has 0 unspecified atom stereocenters. The van der Waals surface area contributed by atoms with Gasteiger partial charge in [-0.1, -0.05) is 27.2 Å². The molecule has 0 spiro atoms. The van der Waals surface area contributed by atoms with E-state index in [1.54, 1.807) is 0 Å². The van der Waals surface area contributed by atoms with Crippen LogP contribution in [0.3, 0.4) is 0 Å². The van der Waals surface area contributed by atoms with Crippen LogP contribution in [0.4, 0.5) is 8.78 Å². The van der Waals surface area contributed by atoms with Crippen molar-refractivity contribution < 1.29 is 13.3 Å². The molecule has 1 aromatic heterocycles. The van der Waals surface area contributed by atoms with Crippen molar-refractivity contribution in [2.45, 2.75) is 24.1 Å². The molecule has 1 aliphatic rings. The van der Waals surface area contributed by atoms with Crippen molar-refractivity contribution in [3.05, 3.63) is 41.2 Å². The molecule has 0 N–H and O–H groups in total. The van der Waals surface area contributed by atoms with E-state index in [1.807, 2.05) is 0 Å². The molecule has 0 radical (unpaired) electrons. The fraction of sp³-hybridized carbons (Fsp3) is 0.308. The van der Waals surface area contributed by atoms with Crippen molar-refractivity contribution in [3.63, 3.8) is 0 Å². The lowest BCUT2D eigenvalue weighted by molar-refractivity contribution is 0.384. The highest BCUT2D eigenvalue weighted by Gasteiger charge is 2.33. The quantitative estimate of drug-likeness (QED) is 0.785. The number of rotatable bonds is 3. The molecule has 1 aromatic carbocycles. The van der Waals surface area contributed by atoms with Crippen LogP contribution in [0.5, 0.6) is 0 Å². The Morgan fingerprint density at radius 2 is 1.94 bits per heavy atom. The predicted octanol–water partition coefficient (Wildman–Crippen LogP) is 4.39. The Balaban J connectivity index is 2.16.